The van der Waals surface area contributed by atoms with Gasteiger partial charge in [0.1, 0.15) is 10.6 Å². The number of carbonyl (C=O) groups is 1. The summed E-state index contributed by atoms with van der Waals surface area (Å²) in [4.78, 5) is 31.8. The Kier molecular flexibility index (Phi) is 6.06. The van der Waals surface area contributed by atoms with E-state index in [1.165, 1.54) is 23.1 Å². The van der Waals surface area contributed by atoms with E-state index in [1.54, 1.807) is 16.9 Å². The largest absolute Gasteiger partial charge is 0.467 e. The van der Waals surface area contributed by atoms with Gasteiger partial charge in [0.15, 0.2) is 5.16 Å². The van der Waals surface area contributed by atoms with Crippen LogP contribution in [0.2, 0.25) is 0 Å². The van der Waals surface area contributed by atoms with Crippen LogP contribution in [-0.2, 0) is 17.9 Å². The van der Waals surface area contributed by atoms with Gasteiger partial charge in [-0.1, -0.05) is 25.6 Å². The van der Waals surface area contributed by atoms with Crippen molar-refractivity contribution in [3.63, 3.8) is 0 Å². The minimum Gasteiger partial charge on any atom is -0.467 e. The van der Waals surface area contributed by atoms with Gasteiger partial charge in [-0.25, -0.2) is 4.98 Å². The molecule has 0 atom stereocenters. The van der Waals surface area contributed by atoms with E-state index in [0.717, 1.165) is 15.3 Å². The third-order valence-corrected chi connectivity index (χ3v) is 6.25. The molecule has 0 aromatic carbocycles. The summed E-state index contributed by atoms with van der Waals surface area (Å²) < 4.78 is 6.91. The molecule has 0 unspecified atom stereocenters. The number of aromatic nitrogens is 2. The van der Waals surface area contributed by atoms with Crippen molar-refractivity contribution in [2.24, 2.45) is 5.92 Å². The van der Waals surface area contributed by atoms with E-state index in [-0.39, 0.29) is 17.2 Å². The first-order valence-electron chi connectivity index (χ1n) is 8.79. The Morgan fingerprint density at radius 1 is 1.41 bits per heavy atom. The minimum absolute atomic E-state index is 0.0194. The van der Waals surface area contributed by atoms with Crippen LogP contribution in [0.1, 0.15) is 30.0 Å². The molecule has 0 radical (unpaired) electrons. The van der Waals surface area contributed by atoms with Crippen molar-refractivity contribution in [2.45, 2.75) is 45.9 Å². The lowest BCUT2D eigenvalue weighted by Gasteiger charge is -2.14. The van der Waals surface area contributed by atoms with E-state index in [9.17, 15) is 9.59 Å². The van der Waals surface area contributed by atoms with E-state index < -0.39 is 0 Å². The number of nitrogens with one attached hydrogen (secondary N) is 1. The summed E-state index contributed by atoms with van der Waals surface area (Å²) in [7, 11) is 0. The van der Waals surface area contributed by atoms with Gasteiger partial charge in [-0.3, -0.25) is 14.2 Å². The molecule has 0 spiro atoms. The van der Waals surface area contributed by atoms with Gasteiger partial charge in [-0.2, -0.15) is 0 Å². The highest BCUT2D eigenvalue weighted by Gasteiger charge is 2.18. The predicted molar refractivity (Wildman–Crippen MR) is 109 cm³/mol. The van der Waals surface area contributed by atoms with Crippen LogP contribution in [0.5, 0.6) is 0 Å². The van der Waals surface area contributed by atoms with Crippen LogP contribution >= 0.6 is 23.1 Å². The second-order valence-corrected chi connectivity index (χ2v) is 8.96. The molecule has 1 N–H and O–H groups in total. The van der Waals surface area contributed by atoms with Gasteiger partial charge >= 0.3 is 0 Å². The highest BCUT2D eigenvalue weighted by atomic mass is 32.2. The number of fused-ring (bicyclic) bond motifs is 1. The first kappa shape index (κ1) is 19.7. The highest BCUT2D eigenvalue weighted by Crippen LogP contribution is 2.28. The molecule has 3 aromatic rings. The Bertz CT molecular complexity index is 1000. The third-order valence-electron chi connectivity index (χ3n) is 4.17. The molecule has 0 bridgehead atoms. The van der Waals surface area contributed by atoms with Crippen molar-refractivity contribution in [3.8, 4) is 0 Å². The van der Waals surface area contributed by atoms with E-state index in [1.807, 2.05) is 19.9 Å². The summed E-state index contributed by atoms with van der Waals surface area (Å²) in [6.07, 6.45) is 1.57. The number of thiophene rings is 1. The second-order valence-electron chi connectivity index (χ2n) is 6.81. The molecule has 0 saturated carbocycles. The average molecular weight is 406 g/mol. The number of thioether (sulfide) groups is 1. The molecule has 0 aliphatic heterocycles. The molecule has 3 aromatic heterocycles. The first-order chi connectivity index (χ1) is 12.9. The highest BCUT2D eigenvalue weighted by molar-refractivity contribution is 7.99. The first-order valence-corrected chi connectivity index (χ1v) is 10.6. The van der Waals surface area contributed by atoms with Crippen LogP contribution < -0.4 is 10.9 Å². The fourth-order valence-corrected chi connectivity index (χ4v) is 4.63. The maximum atomic E-state index is 13.0. The minimum atomic E-state index is -0.125. The van der Waals surface area contributed by atoms with Crippen LogP contribution in [0.15, 0.2) is 32.8 Å². The van der Waals surface area contributed by atoms with Crippen LogP contribution in [0, 0.1) is 19.8 Å². The summed E-state index contributed by atoms with van der Waals surface area (Å²) in [5.41, 5.74) is 0.979. The van der Waals surface area contributed by atoms with Crippen LogP contribution in [0.25, 0.3) is 10.2 Å². The Hall–Kier alpha value is -2.06. The zero-order valence-electron chi connectivity index (χ0n) is 15.9. The molecule has 0 fully saturated rings. The number of furan rings is 1. The summed E-state index contributed by atoms with van der Waals surface area (Å²) >= 11 is 2.82. The Balaban J connectivity index is 1.81. The van der Waals surface area contributed by atoms with E-state index in [2.05, 4.69) is 19.2 Å². The lowest BCUT2D eigenvalue weighted by Crippen LogP contribution is -2.27. The van der Waals surface area contributed by atoms with E-state index in [4.69, 9.17) is 9.40 Å². The lowest BCUT2D eigenvalue weighted by molar-refractivity contribution is -0.118. The molecule has 0 aliphatic carbocycles. The molecule has 6 nitrogen and oxygen atoms in total. The van der Waals surface area contributed by atoms with Crippen LogP contribution in [0.4, 0.5) is 0 Å². The van der Waals surface area contributed by atoms with E-state index in [0.29, 0.717) is 35.3 Å². The Morgan fingerprint density at radius 3 is 2.85 bits per heavy atom. The number of amides is 1. The fourth-order valence-electron chi connectivity index (χ4n) is 2.73. The fraction of sp³-hybridized carbons (Fsp3) is 0.421. The number of carbonyl (C=O) groups excluding carboxylic acids is 1. The number of hydrogen-bond acceptors (Lipinski definition) is 6. The maximum Gasteiger partial charge on any atom is 0.263 e. The average Bonchev–Trinajstić information content (AvgIpc) is 3.22. The lowest BCUT2D eigenvalue weighted by atomic mass is 10.2. The molecule has 0 aliphatic rings. The Morgan fingerprint density at radius 2 is 2.19 bits per heavy atom. The number of hydrogen-bond donors (Lipinski definition) is 1. The van der Waals surface area contributed by atoms with Crippen LogP contribution in [0.3, 0.4) is 0 Å². The van der Waals surface area contributed by atoms with Gasteiger partial charge in [-0.15, -0.1) is 11.3 Å². The Labute approximate surface area is 166 Å². The van der Waals surface area contributed by atoms with Crippen molar-refractivity contribution >= 4 is 39.2 Å². The summed E-state index contributed by atoms with van der Waals surface area (Å²) in [6.45, 7) is 9.02. The maximum absolute atomic E-state index is 13.0. The van der Waals surface area contributed by atoms with Crippen molar-refractivity contribution in [1.82, 2.24) is 14.9 Å². The molecule has 3 rings (SSSR count). The summed E-state index contributed by atoms with van der Waals surface area (Å²) in [5, 5.41) is 4.11. The quantitative estimate of drug-likeness (QED) is 0.479. The summed E-state index contributed by atoms with van der Waals surface area (Å²) in [5.74, 6) is 1.07. The van der Waals surface area contributed by atoms with Crippen molar-refractivity contribution in [1.29, 1.82) is 0 Å². The van der Waals surface area contributed by atoms with E-state index >= 15 is 0 Å². The SMILES string of the molecule is Cc1sc2nc(SCC(=O)NCc3ccco3)n(CC(C)C)c(=O)c2c1C. The second kappa shape index (κ2) is 8.31. The van der Waals surface area contributed by atoms with Crippen molar-refractivity contribution < 1.29 is 9.21 Å². The normalized spacial score (nSPS) is 11.4. The third kappa shape index (κ3) is 4.44. The van der Waals surface area contributed by atoms with Crippen molar-refractivity contribution in [3.05, 3.63) is 45.0 Å². The molecule has 8 heteroatoms. The number of rotatable bonds is 7. The van der Waals surface area contributed by atoms with Gasteiger partial charge in [-0.05, 0) is 37.5 Å². The van der Waals surface area contributed by atoms with Gasteiger partial charge < -0.3 is 9.73 Å². The van der Waals surface area contributed by atoms with Gasteiger partial charge in [0.2, 0.25) is 5.91 Å². The predicted octanol–water partition coefficient (Wildman–Crippen LogP) is 3.73. The molecule has 27 heavy (non-hydrogen) atoms. The zero-order chi connectivity index (χ0) is 19.6. The molecular weight excluding hydrogens is 382 g/mol. The van der Waals surface area contributed by atoms with Gasteiger partial charge in [0.25, 0.3) is 5.56 Å². The number of nitrogens with zero attached hydrogens (tertiary/aromatic N) is 2. The standard InChI is InChI=1S/C19H23N3O3S2/c1-11(2)9-22-18(24)16-12(3)13(4)27-17(16)21-19(22)26-10-15(23)20-8-14-6-5-7-25-14/h5-7,11H,8-10H2,1-4H3,(H,20,23). The summed E-state index contributed by atoms with van der Waals surface area (Å²) in [6, 6.07) is 3.59. The monoisotopic (exact) mass is 405 g/mol. The molecular formula is C19H23N3O3S2. The molecule has 144 valence electrons. The smallest absolute Gasteiger partial charge is 0.263 e. The molecule has 0 saturated heterocycles. The zero-order valence-corrected chi connectivity index (χ0v) is 17.5. The molecule has 1 amide bonds. The van der Waals surface area contributed by atoms with Gasteiger partial charge in [0.05, 0.1) is 23.9 Å². The van der Waals surface area contributed by atoms with Crippen molar-refractivity contribution in [2.75, 3.05) is 5.75 Å². The topological polar surface area (TPSA) is 77.1 Å². The van der Waals surface area contributed by atoms with Gasteiger partial charge in [0, 0.05) is 11.4 Å². The van der Waals surface area contributed by atoms with Crippen LogP contribution in [-0.4, -0.2) is 21.2 Å². The number of aryl methyl sites for hydroxylation is 2. The molecule has 3 heterocycles.